The zero-order valence-electron chi connectivity index (χ0n) is 12.6. The molecule has 4 nitrogen and oxygen atoms in total. The average molecular weight is 541 g/mol. The van der Waals surface area contributed by atoms with E-state index in [0.717, 1.165) is 22.8 Å². The molecule has 24 heavy (non-hydrogen) atoms. The first-order chi connectivity index (χ1) is 11.2. The molecule has 3 heterocycles. The molecule has 0 spiro atoms. The Morgan fingerprint density at radius 1 is 0.875 bits per heavy atom. The van der Waals surface area contributed by atoms with E-state index < -0.39 is 0 Å². The van der Waals surface area contributed by atoms with Gasteiger partial charge in [0, 0.05) is 23.2 Å². The number of rotatable bonds is 3. The number of aromatic nitrogens is 3. The number of halogens is 1. The molecular formula is C17H16ClN3OPtS+4. The molecule has 0 radical (unpaired) electrons. The maximum Gasteiger partial charge on any atom is 4.00 e. The van der Waals surface area contributed by atoms with Crippen molar-refractivity contribution in [3.8, 4) is 22.8 Å². The summed E-state index contributed by atoms with van der Waals surface area (Å²) in [5.74, 6) is 0.569. The van der Waals surface area contributed by atoms with Gasteiger partial charge in [-0.1, -0.05) is 23.7 Å². The van der Waals surface area contributed by atoms with Crippen LogP contribution in [0.5, 0.6) is 0 Å². The van der Waals surface area contributed by atoms with E-state index in [9.17, 15) is 0 Å². The fraction of sp³-hybridized carbons (Fsp3) is 0.118. The smallest absolute Gasteiger partial charge is 0.396 e. The van der Waals surface area contributed by atoms with E-state index in [4.69, 9.17) is 16.7 Å². The topological polar surface area (TPSA) is 58.9 Å². The summed E-state index contributed by atoms with van der Waals surface area (Å²) >= 11 is 9.82. The van der Waals surface area contributed by atoms with Gasteiger partial charge in [0.05, 0.1) is 29.4 Å². The molecule has 124 valence electrons. The van der Waals surface area contributed by atoms with E-state index in [1.807, 2.05) is 36.4 Å². The Morgan fingerprint density at radius 3 is 1.67 bits per heavy atom. The minimum atomic E-state index is 0. The molecule has 7 heteroatoms. The van der Waals surface area contributed by atoms with Crippen molar-refractivity contribution in [2.24, 2.45) is 0 Å². The Balaban J connectivity index is 0.000000522. The summed E-state index contributed by atoms with van der Waals surface area (Å²) in [6.07, 6.45) is 3.47. The van der Waals surface area contributed by atoms with E-state index in [2.05, 4.69) is 27.6 Å². The van der Waals surface area contributed by atoms with Gasteiger partial charge >= 0.3 is 21.1 Å². The normalized spacial score (nSPS) is 9.46. The van der Waals surface area contributed by atoms with Crippen LogP contribution in [0.4, 0.5) is 0 Å². The Hall–Kier alpha value is -1.26. The maximum absolute atomic E-state index is 7.80. The first-order valence-electron chi connectivity index (χ1n) is 6.96. The standard InChI is InChI=1S/C15H10ClN3.C2H6OS.Pt/c16-11-9-14(12-5-1-3-7-17-12)19-15(10-11)13-6-2-4-8-18-13;3-1-2-4;/h1-10H;3-4H,1-2H2;/q;;+4. The molecule has 0 amide bonds. The van der Waals surface area contributed by atoms with Crippen molar-refractivity contribution >= 4 is 24.2 Å². The molecule has 3 aromatic heterocycles. The van der Waals surface area contributed by atoms with Crippen molar-refractivity contribution in [1.29, 1.82) is 0 Å². The van der Waals surface area contributed by atoms with Gasteiger partial charge in [-0.2, -0.15) is 12.6 Å². The number of hydrogen-bond acceptors (Lipinski definition) is 5. The summed E-state index contributed by atoms with van der Waals surface area (Å²) in [4.78, 5) is 13.1. The van der Waals surface area contributed by atoms with E-state index in [0.29, 0.717) is 10.8 Å². The number of aliphatic hydroxyl groups is 1. The van der Waals surface area contributed by atoms with Crippen LogP contribution >= 0.6 is 24.2 Å². The number of pyridine rings is 3. The summed E-state index contributed by atoms with van der Waals surface area (Å²) < 4.78 is 0. The molecule has 3 aromatic rings. The fourth-order valence-corrected chi connectivity index (χ4v) is 1.99. The van der Waals surface area contributed by atoms with E-state index in [-0.39, 0.29) is 27.7 Å². The monoisotopic (exact) mass is 540 g/mol. The van der Waals surface area contributed by atoms with E-state index >= 15 is 0 Å². The summed E-state index contributed by atoms with van der Waals surface area (Å²) in [5.41, 5.74) is 3.08. The molecular weight excluding hydrogens is 525 g/mol. The first-order valence-corrected chi connectivity index (χ1v) is 7.97. The third-order valence-corrected chi connectivity index (χ3v) is 3.16. The molecule has 0 aromatic carbocycles. The second-order valence-electron chi connectivity index (χ2n) is 4.43. The quantitative estimate of drug-likeness (QED) is 0.497. The second kappa shape index (κ2) is 11.3. The van der Waals surface area contributed by atoms with Gasteiger partial charge in [0.1, 0.15) is 0 Å². The van der Waals surface area contributed by atoms with Crippen LogP contribution in [0.2, 0.25) is 5.02 Å². The van der Waals surface area contributed by atoms with Crippen molar-refractivity contribution in [2.45, 2.75) is 0 Å². The van der Waals surface area contributed by atoms with Gasteiger partial charge in [-0.15, -0.1) is 0 Å². The third-order valence-electron chi connectivity index (χ3n) is 2.74. The largest absolute Gasteiger partial charge is 4.00 e. The molecule has 3 rings (SSSR count). The van der Waals surface area contributed by atoms with Crippen molar-refractivity contribution in [2.75, 3.05) is 12.4 Å². The Kier molecular flexibility index (Phi) is 9.80. The predicted octanol–water partition coefficient (Wildman–Crippen LogP) is 3.77. The van der Waals surface area contributed by atoms with Crippen LogP contribution in [0.25, 0.3) is 22.8 Å². The predicted molar refractivity (Wildman–Crippen MR) is 96.6 cm³/mol. The molecule has 0 saturated heterocycles. The van der Waals surface area contributed by atoms with Gasteiger partial charge in [-0.25, -0.2) is 4.98 Å². The van der Waals surface area contributed by atoms with Crippen LogP contribution in [0, 0.1) is 0 Å². The maximum atomic E-state index is 7.80. The summed E-state index contributed by atoms with van der Waals surface area (Å²) in [5, 5.41) is 8.42. The Labute approximate surface area is 166 Å². The van der Waals surface area contributed by atoms with Crippen LogP contribution in [-0.4, -0.2) is 32.4 Å². The molecule has 0 aliphatic heterocycles. The van der Waals surface area contributed by atoms with Crippen molar-refractivity contribution < 1.29 is 26.2 Å². The van der Waals surface area contributed by atoms with Gasteiger partial charge in [0.15, 0.2) is 0 Å². The zero-order valence-corrected chi connectivity index (χ0v) is 16.5. The van der Waals surface area contributed by atoms with Crippen molar-refractivity contribution in [1.82, 2.24) is 15.0 Å². The molecule has 1 N–H and O–H groups in total. The van der Waals surface area contributed by atoms with E-state index in [1.165, 1.54) is 0 Å². The third kappa shape index (κ3) is 6.33. The van der Waals surface area contributed by atoms with Crippen molar-refractivity contribution in [3.05, 3.63) is 65.9 Å². The van der Waals surface area contributed by atoms with Crippen LogP contribution < -0.4 is 0 Å². The Bertz CT molecular complexity index is 673. The SMILES string of the molecule is Clc1cc(-c2ccccn2)nc(-c2ccccn2)c1.OCCS.[Pt+4]. The number of aliphatic hydroxyl groups excluding tert-OH is 1. The molecule has 0 aliphatic rings. The van der Waals surface area contributed by atoms with Crippen LogP contribution in [0.3, 0.4) is 0 Å². The molecule has 0 unspecified atom stereocenters. The Morgan fingerprint density at radius 2 is 1.33 bits per heavy atom. The summed E-state index contributed by atoms with van der Waals surface area (Å²) in [6.45, 7) is 0.184. The van der Waals surface area contributed by atoms with Crippen molar-refractivity contribution in [3.63, 3.8) is 0 Å². The fourth-order valence-electron chi connectivity index (χ4n) is 1.79. The summed E-state index contributed by atoms with van der Waals surface area (Å²) in [6, 6.07) is 15.0. The van der Waals surface area contributed by atoms with E-state index in [1.54, 1.807) is 24.5 Å². The van der Waals surface area contributed by atoms with Gasteiger partial charge in [0.2, 0.25) is 0 Å². The number of nitrogens with zero attached hydrogens (tertiary/aromatic N) is 3. The van der Waals surface area contributed by atoms with Gasteiger partial charge in [-0.05, 0) is 36.4 Å². The minimum Gasteiger partial charge on any atom is -0.396 e. The number of hydrogen-bond donors (Lipinski definition) is 2. The molecule has 0 fully saturated rings. The van der Waals surface area contributed by atoms with Crippen LogP contribution in [0.1, 0.15) is 0 Å². The molecule has 0 bridgehead atoms. The molecule has 0 saturated carbocycles. The van der Waals surface area contributed by atoms with Gasteiger partial charge < -0.3 is 5.11 Å². The van der Waals surface area contributed by atoms with Crippen LogP contribution in [-0.2, 0) is 21.1 Å². The summed E-state index contributed by atoms with van der Waals surface area (Å²) in [7, 11) is 0. The molecule has 0 aliphatic carbocycles. The molecule has 0 atom stereocenters. The van der Waals surface area contributed by atoms with Gasteiger partial charge in [0.25, 0.3) is 0 Å². The first kappa shape index (κ1) is 20.8. The minimum absolute atomic E-state index is 0. The number of thiol groups is 1. The zero-order chi connectivity index (χ0) is 16.5. The second-order valence-corrected chi connectivity index (χ2v) is 5.32. The van der Waals surface area contributed by atoms with Crippen LogP contribution in [0.15, 0.2) is 60.9 Å². The average Bonchev–Trinajstić information content (AvgIpc) is 2.63. The van der Waals surface area contributed by atoms with Gasteiger partial charge in [-0.3, -0.25) is 9.97 Å².